The molecule has 92 valence electrons. The zero-order chi connectivity index (χ0) is 12.1. The highest BCUT2D eigenvalue weighted by Crippen LogP contribution is 2.24. The largest absolute Gasteiger partial charge is 0.490 e. The number of alkyl halides is 1. The first-order valence-corrected chi connectivity index (χ1v) is 6.43. The molecular weight excluding hydrogens is 238 g/mol. The van der Waals surface area contributed by atoms with E-state index in [4.69, 9.17) is 16.3 Å². The van der Waals surface area contributed by atoms with E-state index in [9.17, 15) is 4.91 Å². The van der Waals surface area contributed by atoms with Crippen molar-refractivity contribution in [2.75, 3.05) is 0 Å². The molecule has 0 radical (unpaired) electrons. The van der Waals surface area contributed by atoms with Crippen molar-refractivity contribution in [3.8, 4) is 5.75 Å². The third-order valence-corrected chi connectivity index (χ3v) is 3.28. The van der Waals surface area contributed by atoms with Gasteiger partial charge in [-0.05, 0) is 48.6 Å². The van der Waals surface area contributed by atoms with E-state index in [-0.39, 0.29) is 0 Å². The summed E-state index contributed by atoms with van der Waals surface area (Å²) in [5, 5.41) is 2.77. The van der Waals surface area contributed by atoms with Crippen molar-refractivity contribution in [2.24, 2.45) is 5.18 Å². The van der Waals surface area contributed by atoms with Crippen molar-refractivity contribution in [3.63, 3.8) is 0 Å². The van der Waals surface area contributed by atoms with Crippen LogP contribution in [0.15, 0.2) is 29.4 Å². The molecule has 1 unspecified atom stereocenters. The van der Waals surface area contributed by atoms with Gasteiger partial charge < -0.3 is 4.74 Å². The zero-order valence-electron chi connectivity index (χ0n) is 9.64. The van der Waals surface area contributed by atoms with E-state index in [0.29, 0.717) is 12.5 Å². The molecule has 1 aromatic rings. The van der Waals surface area contributed by atoms with Gasteiger partial charge in [-0.3, -0.25) is 0 Å². The maximum absolute atomic E-state index is 10.2. The van der Waals surface area contributed by atoms with E-state index >= 15 is 0 Å². The lowest BCUT2D eigenvalue weighted by atomic mass is 10.1. The van der Waals surface area contributed by atoms with Crippen LogP contribution in [-0.4, -0.2) is 11.6 Å². The Morgan fingerprint density at radius 3 is 2.53 bits per heavy atom. The second-order valence-corrected chi connectivity index (χ2v) is 4.92. The van der Waals surface area contributed by atoms with Crippen molar-refractivity contribution in [2.45, 2.75) is 43.7 Å². The van der Waals surface area contributed by atoms with Gasteiger partial charge in [0.2, 0.25) is 0 Å². The predicted octanol–water partition coefficient (Wildman–Crippen LogP) is 3.88. The summed E-state index contributed by atoms with van der Waals surface area (Å²) in [6.07, 6.45) is 5.68. The van der Waals surface area contributed by atoms with Crippen LogP contribution >= 0.6 is 11.6 Å². The van der Waals surface area contributed by atoms with Gasteiger partial charge in [-0.1, -0.05) is 23.7 Å². The van der Waals surface area contributed by atoms with Crippen LogP contribution in [0.3, 0.4) is 0 Å². The second kappa shape index (κ2) is 6.01. The number of ether oxygens (including phenoxy) is 1. The number of halogens is 1. The van der Waals surface area contributed by atoms with Gasteiger partial charge in [0.1, 0.15) is 5.75 Å². The van der Waals surface area contributed by atoms with Crippen LogP contribution in [0.4, 0.5) is 0 Å². The van der Waals surface area contributed by atoms with E-state index in [1.807, 2.05) is 24.3 Å². The molecule has 0 spiro atoms. The third-order valence-electron chi connectivity index (χ3n) is 3.05. The summed E-state index contributed by atoms with van der Waals surface area (Å²) in [6.45, 7) is 0. The predicted molar refractivity (Wildman–Crippen MR) is 68.5 cm³/mol. The Morgan fingerprint density at radius 1 is 1.29 bits per heavy atom. The molecule has 1 atom stereocenters. The van der Waals surface area contributed by atoms with Gasteiger partial charge in [-0.15, -0.1) is 4.91 Å². The Kier molecular flexibility index (Phi) is 4.37. The smallest absolute Gasteiger partial charge is 0.169 e. The minimum Gasteiger partial charge on any atom is -0.490 e. The first-order chi connectivity index (χ1) is 8.28. The quantitative estimate of drug-likeness (QED) is 0.454. The highest BCUT2D eigenvalue weighted by Gasteiger charge is 2.16. The van der Waals surface area contributed by atoms with E-state index in [1.54, 1.807) is 0 Å². The van der Waals surface area contributed by atoms with E-state index < -0.39 is 5.50 Å². The SMILES string of the molecule is O=NC(Cl)Cc1ccc(OC2CCCC2)cc1. The molecule has 0 heterocycles. The van der Waals surface area contributed by atoms with Crippen LogP contribution in [-0.2, 0) is 6.42 Å². The molecule has 0 aromatic heterocycles. The van der Waals surface area contributed by atoms with Gasteiger partial charge in [0, 0.05) is 6.42 Å². The standard InChI is InChI=1S/C13H16ClNO2/c14-13(15-16)9-10-5-7-12(8-6-10)17-11-3-1-2-4-11/h5-8,11,13H,1-4,9H2. The maximum atomic E-state index is 10.2. The lowest BCUT2D eigenvalue weighted by molar-refractivity contribution is 0.210. The van der Waals surface area contributed by atoms with E-state index in [2.05, 4.69) is 5.18 Å². The molecule has 17 heavy (non-hydrogen) atoms. The summed E-state index contributed by atoms with van der Waals surface area (Å²) >= 11 is 5.67. The van der Waals surface area contributed by atoms with Crippen molar-refractivity contribution in [1.29, 1.82) is 0 Å². The van der Waals surface area contributed by atoms with Crippen molar-refractivity contribution in [3.05, 3.63) is 34.7 Å². The van der Waals surface area contributed by atoms with Gasteiger partial charge in [-0.2, -0.15) is 0 Å². The average molecular weight is 254 g/mol. The van der Waals surface area contributed by atoms with Crippen molar-refractivity contribution < 1.29 is 4.74 Å². The summed E-state index contributed by atoms with van der Waals surface area (Å²) in [6, 6.07) is 7.74. The van der Waals surface area contributed by atoms with Crippen molar-refractivity contribution in [1.82, 2.24) is 0 Å². The summed E-state index contributed by atoms with van der Waals surface area (Å²) in [5.41, 5.74) is 0.319. The molecular formula is C13H16ClNO2. The number of hydrogen-bond donors (Lipinski definition) is 0. The number of rotatable bonds is 5. The fourth-order valence-corrected chi connectivity index (χ4v) is 2.31. The van der Waals surface area contributed by atoms with Crippen LogP contribution in [0.2, 0.25) is 0 Å². The number of nitroso groups, excluding NO2 is 1. The molecule has 0 bridgehead atoms. The molecule has 1 fully saturated rings. The third kappa shape index (κ3) is 3.70. The molecule has 1 aliphatic rings. The minimum absolute atomic E-state index is 0.373. The van der Waals surface area contributed by atoms with E-state index in [0.717, 1.165) is 24.2 Å². The minimum atomic E-state index is -0.684. The molecule has 3 nitrogen and oxygen atoms in total. The molecule has 1 aromatic carbocycles. The summed E-state index contributed by atoms with van der Waals surface area (Å²) in [5.74, 6) is 0.894. The van der Waals surface area contributed by atoms with Gasteiger partial charge >= 0.3 is 0 Å². The molecule has 0 N–H and O–H groups in total. The Bertz CT molecular complexity index is 360. The first kappa shape index (κ1) is 12.4. The van der Waals surface area contributed by atoms with E-state index in [1.165, 1.54) is 12.8 Å². The summed E-state index contributed by atoms with van der Waals surface area (Å²) in [4.78, 5) is 10.2. The lowest BCUT2D eigenvalue weighted by Crippen LogP contribution is -2.10. The van der Waals surface area contributed by atoms with Gasteiger partial charge in [-0.25, -0.2) is 0 Å². The molecule has 4 heteroatoms. The van der Waals surface area contributed by atoms with Gasteiger partial charge in [0.25, 0.3) is 0 Å². The van der Waals surface area contributed by atoms with Crippen LogP contribution in [0.25, 0.3) is 0 Å². The topological polar surface area (TPSA) is 38.7 Å². The summed E-state index contributed by atoms with van der Waals surface area (Å²) in [7, 11) is 0. The molecule has 0 amide bonds. The summed E-state index contributed by atoms with van der Waals surface area (Å²) < 4.78 is 5.84. The first-order valence-electron chi connectivity index (χ1n) is 6.00. The van der Waals surface area contributed by atoms with Crippen LogP contribution in [0, 0.1) is 4.91 Å². The molecule has 0 saturated heterocycles. The zero-order valence-corrected chi connectivity index (χ0v) is 10.4. The van der Waals surface area contributed by atoms with Crippen molar-refractivity contribution >= 4 is 11.6 Å². The molecule has 1 aliphatic carbocycles. The Hall–Kier alpha value is -1.09. The van der Waals surface area contributed by atoms with Gasteiger partial charge in [0.15, 0.2) is 5.50 Å². The normalized spacial score (nSPS) is 17.9. The fourth-order valence-electron chi connectivity index (χ4n) is 2.13. The lowest BCUT2D eigenvalue weighted by Gasteiger charge is -2.13. The Morgan fingerprint density at radius 2 is 1.94 bits per heavy atom. The second-order valence-electron chi connectivity index (χ2n) is 4.41. The Balaban J connectivity index is 1.90. The maximum Gasteiger partial charge on any atom is 0.169 e. The Labute approximate surface area is 106 Å². The van der Waals surface area contributed by atoms with Gasteiger partial charge in [0.05, 0.1) is 6.10 Å². The van der Waals surface area contributed by atoms with Crippen LogP contribution in [0.5, 0.6) is 5.75 Å². The molecule has 2 rings (SSSR count). The average Bonchev–Trinajstić information content (AvgIpc) is 2.84. The number of benzene rings is 1. The monoisotopic (exact) mass is 253 g/mol. The highest BCUT2D eigenvalue weighted by molar-refractivity contribution is 6.20. The molecule has 0 aliphatic heterocycles. The number of nitrogens with zero attached hydrogens (tertiary/aromatic N) is 1. The molecule has 1 saturated carbocycles. The highest BCUT2D eigenvalue weighted by atomic mass is 35.5. The fraction of sp³-hybridized carbons (Fsp3) is 0.538. The number of hydrogen-bond acceptors (Lipinski definition) is 3. The van der Waals surface area contributed by atoms with Crippen LogP contribution in [0.1, 0.15) is 31.2 Å². The van der Waals surface area contributed by atoms with Crippen LogP contribution < -0.4 is 4.74 Å².